The molecule has 3 N–H and O–H groups in total. The van der Waals surface area contributed by atoms with Gasteiger partial charge in [0.1, 0.15) is 5.60 Å². The molecule has 2 fully saturated rings. The Hall–Kier alpha value is -0.340. The molecule has 1 unspecified atom stereocenters. The molecule has 0 amide bonds. The van der Waals surface area contributed by atoms with Crippen LogP contribution in [0.25, 0.3) is 0 Å². The van der Waals surface area contributed by atoms with Crippen LogP contribution in [0.3, 0.4) is 0 Å². The van der Waals surface area contributed by atoms with Crippen LogP contribution in [0.4, 0.5) is 0 Å². The van der Waals surface area contributed by atoms with Crippen molar-refractivity contribution in [3.63, 3.8) is 0 Å². The monoisotopic (exact) mass is 463 g/mol. The molecule has 1 heterocycles. The molecular formula is C18H30IN3OS. The zero-order chi connectivity index (χ0) is 16.3. The lowest BCUT2D eigenvalue weighted by atomic mass is 9.98. The Morgan fingerprint density at radius 1 is 1.33 bits per heavy atom. The fourth-order valence-electron chi connectivity index (χ4n) is 3.22. The van der Waals surface area contributed by atoms with Crippen LogP contribution >= 0.6 is 35.3 Å². The highest BCUT2D eigenvalue weighted by atomic mass is 127. The summed E-state index contributed by atoms with van der Waals surface area (Å²) in [6, 6.07) is 1.97. The van der Waals surface area contributed by atoms with Gasteiger partial charge in [-0.05, 0) is 79.7 Å². The molecule has 0 bridgehead atoms. The van der Waals surface area contributed by atoms with E-state index < -0.39 is 5.60 Å². The van der Waals surface area contributed by atoms with E-state index in [0.29, 0.717) is 6.54 Å². The Labute approximate surface area is 166 Å². The van der Waals surface area contributed by atoms with Gasteiger partial charge in [-0.1, -0.05) is 0 Å². The fraction of sp³-hybridized carbons (Fsp3) is 0.722. The Bertz CT molecular complexity index is 512. The van der Waals surface area contributed by atoms with Crippen molar-refractivity contribution in [1.29, 1.82) is 0 Å². The van der Waals surface area contributed by atoms with Crippen LogP contribution in [0, 0.1) is 17.8 Å². The maximum Gasteiger partial charge on any atom is 0.191 e. The molecule has 0 aromatic carbocycles. The number of guanidine groups is 1. The van der Waals surface area contributed by atoms with E-state index >= 15 is 0 Å². The average molecular weight is 463 g/mol. The number of nitrogens with zero attached hydrogens (tertiary/aromatic N) is 1. The molecule has 136 valence electrons. The summed E-state index contributed by atoms with van der Waals surface area (Å²) >= 11 is 1.61. The average Bonchev–Trinajstić information content (AvgIpc) is 3.46. The predicted molar refractivity (Wildman–Crippen MR) is 112 cm³/mol. The van der Waals surface area contributed by atoms with Gasteiger partial charge in [0.25, 0.3) is 0 Å². The van der Waals surface area contributed by atoms with Gasteiger partial charge in [-0.25, -0.2) is 4.99 Å². The molecule has 2 saturated carbocycles. The van der Waals surface area contributed by atoms with Crippen LogP contribution in [0.15, 0.2) is 21.8 Å². The Morgan fingerprint density at radius 3 is 2.50 bits per heavy atom. The van der Waals surface area contributed by atoms with Crippen LogP contribution in [-0.2, 0) is 5.60 Å². The summed E-state index contributed by atoms with van der Waals surface area (Å²) in [5.41, 5.74) is 0.0327. The zero-order valence-electron chi connectivity index (χ0n) is 14.6. The second-order valence-corrected chi connectivity index (χ2v) is 7.98. The van der Waals surface area contributed by atoms with E-state index in [4.69, 9.17) is 0 Å². The second-order valence-electron chi connectivity index (χ2n) is 7.20. The summed E-state index contributed by atoms with van der Waals surface area (Å²) in [5, 5.41) is 21.4. The molecule has 1 atom stereocenters. The molecule has 0 spiro atoms. The molecule has 6 heteroatoms. The van der Waals surface area contributed by atoms with E-state index in [1.165, 1.54) is 25.7 Å². The Kier molecular flexibility index (Phi) is 7.37. The van der Waals surface area contributed by atoms with Gasteiger partial charge in [-0.15, -0.1) is 24.0 Å². The number of aliphatic imine (C=N–C) groups is 1. The number of hydrogen-bond donors (Lipinski definition) is 3. The van der Waals surface area contributed by atoms with Gasteiger partial charge in [0.05, 0.1) is 6.54 Å². The highest BCUT2D eigenvalue weighted by Crippen LogP contribution is 2.48. The molecular weight excluding hydrogens is 433 g/mol. The van der Waals surface area contributed by atoms with Crippen LogP contribution in [-0.4, -0.2) is 30.7 Å². The van der Waals surface area contributed by atoms with Crippen molar-refractivity contribution in [2.24, 2.45) is 22.7 Å². The van der Waals surface area contributed by atoms with Crippen LogP contribution in [0.1, 0.15) is 45.1 Å². The van der Waals surface area contributed by atoms with Crippen molar-refractivity contribution in [3.05, 3.63) is 22.4 Å². The first kappa shape index (κ1) is 20.0. The van der Waals surface area contributed by atoms with Crippen molar-refractivity contribution in [2.75, 3.05) is 19.6 Å². The standard InChI is InChI=1S/C18H29N3OS.HI/c1-3-19-17(20-10-16(13-4-5-13)14-6-7-14)21-12-18(2,22)15-8-9-23-11-15;/h8-9,11,13-14,16,22H,3-7,10,12H2,1-2H3,(H2,19,20,21);1H. The van der Waals surface area contributed by atoms with Gasteiger partial charge in [0.15, 0.2) is 5.96 Å². The number of hydrogen-bond acceptors (Lipinski definition) is 3. The van der Waals surface area contributed by atoms with Crippen LogP contribution < -0.4 is 10.6 Å². The highest BCUT2D eigenvalue weighted by molar-refractivity contribution is 14.0. The first-order chi connectivity index (χ1) is 11.1. The van der Waals surface area contributed by atoms with Crippen molar-refractivity contribution in [1.82, 2.24) is 10.6 Å². The molecule has 0 radical (unpaired) electrons. The molecule has 0 aliphatic heterocycles. The molecule has 3 rings (SSSR count). The minimum absolute atomic E-state index is 0. The number of aliphatic hydroxyl groups is 1. The van der Waals surface area contributed by atoms with Gasteiger partial charge in [-0.3, -0.25) is 0 Å². The quantitative estimate of drug-likeness (QED) is 0.314. The fourth-order valence-corrected chi connectivity index (χ4v) is 4.00. The van der Waals surface area contributed by atoms with Crippen LogP contribution in [0.5, 0.6) is 0 Å². The van der Waals surface area contributed by atoms with Gasteiger partial charge in [-0.2, -0.15) is 11.3 Å². The SMILES string of the molecule is CCNC(=NCC(C)(O)c1ccsc1)NCC(C1CC1)C1CC1.I. The summed E-state index contributed by atoms with van der Waals surface area (Å²) in [7, 11) is 0. The van der Waals surface area contributed by atoms with Crippen molar-refractivity contribution in [2.45, 2.75) is 45.1 Å². The number of thiophene rings is 1. The van der Waals surface area contributed by atoms with Gasteiger partial charge < -0.3 is 15.7 Å². The lowest BCUT2D eigenvalue weighted by Gasteiger charge is -2.22. The lowest BCUT2D eigenvalue weighted by Crippen LogP contribution is -2.41. The molecule has 0 saturated heterocycles. The normalized spacial score (nSPS) is 20.4. The van der Waals surface area contributed by atoms with Gasteiger partial charge in [0, 0.05) is 13.1 Å². The van der Waals surface area contributed by atoms with E-state index in [-0.39, 0.29) is 24.0 Å². The Morgan fingerprint density at radius 2 is 2.00 bits per heavy atom. The van der Waals surface area contributed by atoms with Crippen molar-refractivity contribution >= 4 is 41.3 Å². The number of nitrogens with one attached hydrogen (secondary N) is 2. The number of rotatable bonds is 8. The van der Waals surface area contributed by atoms with Gasteiger partial charge in [0.2, 0.25) is 0 Å². The summed E-state index contributed by atoms with van der Waals surface area (Å²) in [6.07, 6.45) is 5.62. The van der Waals surface area contributed by atoms with Crippen molar-refractivity contribution < 1.29 is 5.11 Å². The predicted octanol–water partition coefficient (Wildman–Crippen LogP) is 3.56. The minimum Gasteiger partial charge on any atom is -0.383 e. The molecule has 2 aliphatic rings. The minimum atomic E-state index is -0.908. The summed E-state index contributed by atoms with van der Waals surface area (Å²) in [6.45, 7) is 6.13. The molecule has 24 heavy (non-hydrogen) atoms. The van der Waals surface area contributed by atoms with E-state index in [0.717, 1.165) is 42.4 Å². The lowest BCUT2D eigenvalue weighted by molar-refractivity contribution is 0.0677. The molecule has 4 nitrogen and oxygen atoms in total. The third-order valence-corrected chi connectivity index (χ3v) is 5.68. The zero-order valence-corrected chi connectivity index (χ0v) is 17.8. The summed E-state index contributed by atoms with van der Waals surface area (Å²) in [4.78, 5) is 4.62. The summed E-state index contributed by atoms with van der Waals surface area (Å²) in [5.74, 6) is 3.52. The maximum absolute atomic E-state index is 10.6. The van der Waals surface area contributed by atoms with E-state index in [1.54, 1.807) is 11.3 Å². The van der Waals surface area contributed by atoms with E-state index in [2.05, 4.69) is 22.5 Å². The molecule has 1 aromatic rings. The first-order valence-electron chi connectivity index (χ1n) is 8.87. The summed E-state index contributed by atoms with van der Waals surface area (Å²) < 4.78 is 0. The highest BCUT2D eigenvalue weighted by Gasteiger charge is 2.41. The van der Waals surface area contributed by atoms with Crippen LogP contribution in [0.2, 0.25) is 0 Å². The third-order valence-electron chi connectivity index (χ3n) is 4.99. The van der Waals surface area contributed by atoms with E-state index in [9.17, 15) is 5.11 Å². The largest absolute Gasteiger partial charge is 0.383 e. The molecule has 2 aliphatic carbocycles. The van der Waals surface area contributed by atoms with Gasteiger partial charge >= 0.3 is 0 Å². The number of halogens is 1. The third kappa shape index (κ3) is 5.59. The first-order valence-corrected chi connectivity index (χ1v) is 9.81. The second kappa shape index (κ2) is 8.85. The Balaban J connectivity index is 0.00000208. The topological polar surface area (TPSA) is 56.7 Å². The van der Waals surface area contributed by atoms with E-state index in [1.807, 2.05) is 23.8 Å². The molecule has 1 aromatic heterocycles. The maximum atomic E-state index is 10.6. The van der Waals surface area contributed by atoms with Crippen molar-refractivity contribution in [3.8, 4) is 0 Å². The smallest absolute Gasteiger partial charge is 0.191 e.